The quantitative estimate of drug-likeness (QED) is 0.245. The van der Waals surface area contributed by atoms with E-state index in [1.807, 2.05) is 12.1 Å². The topological polar surface area (TPSA) is 13.1 Å². The minimum Gasteiger partial charge on any atom is -0.455 e. The monoisotopic (exact) mass is 470 g/mol. The van der Waals surface area contributed by atoms with Crippen LogP contribution < -0.4 is 0 Å². The van der Waals surface area contributed by atoms with Crippen molar-refractivity contribution in [3.63, 3.8) is 0 Å². The third-order valence-electron chi connectivity index (χ3n) is 7.53. The summed E-state index contributed by atoms with van der Waals surface area (Å²) in [5.74, 6) is 0. The van der Waals surface area contributed by atoms with Crippen LogP contribution in [0.25, 0.3) is 55.3 Å². The van der Waals surface area contributed by atoms with Gasteiger partial charge in [-0.2, -0.15) is 0 Å². The van der Waals surface area contributed by atoms with Crippen molar-refractivity contribution in [1.82, 2.24) is 0 Å². The fourth-order valence-corrected chi connectivity index (χ4v) is 5.95. The molecular weight excluding hydrogens is 448 g/mol. The van der Waals surface area contributed by atoms with Crippen LogP contribution in [0.5, 0.6) is 0 Å². The van der Waals surface area contributed by atoms with Crippen molar-refractivity contribution in [2.45, 2.75) is 19.3 Å². The van der Waals surface area contributed by atoms with Crippen molar-refractivity contribution in [2.24, 2.45) is 0 Å². The van der Waals surface area contributed by atoms with Crippen molar-refractivity contribution >= 4 is 33.5 Å². The zero-order valence-electron chi connectivity index (χ0n) is 19.6. The highest BCUT2D eigenvalue weighted by Crippen LogP contribution is 2.55. The molecule has 0 atom stereocenters. The van der Waals surface area contributed by atoms with Gasteiger partial charge in [0.25, 0.3) is 0 Å². The molecule has 0 fully saturated rings. The van der Waals surface area contributed by atoms with Gasteiger partial charge in [0.15, 0.2) is 0 Å². The normalized spacial score (nSPS) is 13.8. The molecule has 0 spiro atoms. The number of benzene rings is 5. The Balaban J connectivity index is 1.59. The maximum absolute atomic E-state index is 6.59. The molecular formula is C33H23ClO. The van der Waals surface area contributed by atoms with E-state index in [1.165, 1.54) is 38.8 Å². The number of hydrogen-bond acceptors (Lipinski definition) is 1. The lowest BCUT2D eigenvalue weighted by Gasteiger charge is -2.22. The van der Waals surface area contributed by atoms with Gasteiger partial charge in [0.05, 0.1) is 0 Å². The van der Waals surface area contributed by atoms with Gasteiger partial charge in [0.2, 0.25) is 0 Å². The summed E-state index contributed by atoms with van der Waals surface area (Å²) < 4.78 is 6.59. The number of rotatable bonds is 2. The van der Waals surface area contributed by atoms with Crippen molar-refractivity contribution in [2.75, 3.05) is 0 Å². The molecule has 2 heteroatoms. The fraction of sp³-hybridized carbons (Fsp3) is 0.0909. The van der Waals surface area contributed by atoms with Crippen LogP contribution in [0.15, 0.2) is 108 Å². The first-order valence-electron chi connectivity index (χ1n) is 12.0. The van der Waals surface area contributed by atoms with Gasteiger partial charge in [-0.25, -0.2) is 0 Å². The molecule has 1 aromatic heterocycles. The van der Waals surface area contributed by atoms with Gasteiger partial charge in [-0.1, -0.05) is 98.2 Å². The van der Waals surface area contributed by atoms with Gasteiger partial charge >= 0.3 is 0 Å². The third kappa shape index (κ3) is 2.95. The summed E-state index contributed by atoms with van der Waals surface area (Å²) in [6.45, 7) is 4.60. The van der Waals surface area contributed by atoms with Crippen LogP contribution in [-0.2, 0) is 5.41 Å². The van der Waals surface area contributed by atoms with Gasteiger partial charge in [0, 0.05) is 26.8 Å². The molecule has 0 unspecified atom stereocenters. The van der Waals surface area contributed by atoms with E-state index in [4.69, 9.17) is 16.0 Å². The molecule has 35 heavy (non-hydrogen) atoms. The van der Waals surface area contributed by atoms with E-state index in [0.717, 1.165) is 32.7 Å². The molecule has 1 aliphatic rings. The third-order valence-corrected chi connectivity index (χ3v) is 7.76. The minimum atomic E-state index is -0.173. The van der Waals surface area contributed by atoms with Crippen molar-refractivity contribution in [3.8, 4) is 33.4 Å². The summed E-state index contributed by atoms with van der Waals surface area (Å²) in [5.41, 5.74) is 11.5. The average molecular weight is 471 g/mol. The van der Waals surface area contributed by atoms with Crippen LogP contribution >= 0.6 is 11.6 Å². The minimum absolute atomic E-state index is 0.173. The average Bonchev–Trinajstić information content (AvgIpc) is 3.37. The molecule has 0 bridgehead atoms. The summed E-state index contributed by atoms with van der Waals surface area (Å²) >= 11 is 6.47. The predicted molar refractivity (Wildman–Crippen MR) is 147 cm³/mol. The van der Waals surface area contributed by atoms with E-state index in [1.54, 1.807) is 0 Å². The molecule has 0 aliphatic heterocycles. The molecule has 6 aromatic rings. The first-order valence-corrected chi connectivity index (χ1v) is 12.3. The molecule has 0 saturated heterocycles. The van der Waals surface area contributed by atoms with E-state index in [0.29, 0.717) is 0 Å². The van der Waals surface area contributed by atoms with Crippen molar-refractivity contribution in [1.29, 1.82) is 0 Å². The molecule has 7 rings (SSSR count). The number of furan rings is 1. The first-order chi connectivity index (χ1) is 17.0. The summed E-state index contributed by atoms with van der Waals surface area (Å²) in [7, 11) is 0. The Hall–Kier alpha value is -3.81. The maximum atomic E-state index is 6.59. The second kappa shape index (κ2) is 7.34. The van der Waals surface area contributed by atoms with Crippen molar-refractivity contribution in [3.05, 3.63) is 119 Å². The molecule has 168 valence electrons. The van der Waals surface area contributed by atoms with Crippen LogP contribution in [0.4, 0.5) is 0 Å². The van der Waals surface area contributed by atoms with E-state index < -0.39 is 0 Å². The highest BCUT2D eigenvalue weighted by molar-refractivity contribution is 6.31. The Morgan fingerprint density at radius 2 is 1.37 bits per heavy atom. The fourth-order valence-electron chi connectivity index (χ4n) is 5.78. The van der Waals surface area contributed by atoms with Gasteiger partial charge in [-0.15, -0.1) is 0 Å². The van der Waals surface area contributed by atoms with Crippen LogP contribution in [-0.4, -0.2) is 0 Å². The van der Waals surface area contributed by atoms with E-state index in [2.05, 4.69) is 105 Å². The van der Waals surface area contributed by atoms with Gasteiger partial charge in [-0.05, 0) is 69.3 Å². The summed E-state index contributed by atoms with van der Waals surface area (Å²) in [6.07, 6.45) is 0. The zero-order chi connectivity index (χ0) is 23.7. The highest BCUT2D eigenvalue weighted by atomic mass is 35.5. The number of hydrogen-bond donors (Lipinski definition) is 0. The predicted octanol–water partition coefficient (Wildman–Crippen LogP) is 9.88. The molecule has 0 amide bonds. The Morgan fingerprint density at radius 1 is 0.629 bits per heavy atom. The first kappa shape index (κ1) is 20.6. The Kier molecular flexibility index (Phi) is 4.31. The lowest BCUT2D eigenvalue weighted by Crippen LogP contribution is -2.15. The highest BCUT2D eigenvalue weighted by Gasteiger charge is 2.38. The molecule has 0 saturated carbocycles. The second-order valence-corrected chi connectivity index (χ2v) is 10.3. The molecule has 1 nitrogen and oxygen atoms in total. The SMILES string of the molecule is CC1(C)c2cc(Cl)ccc2-c2c1cc(-c1cccc(-c3ccccc3)c1)c1oc3ccccc3c21. The van der Waals surface area contributed by atoms with Gasteiger partial charge in [-0.3, -0.25) is 0 Å². The van der Waals surface area contributed by atoms with Gasteiger partial charge in [0.1, 0.15) is 11.2 Å². The van der Waals surface area contributed by atoms with Crippen LogP contribution in [0.1, 0.15) is 25.0 Å². The van der Waals surface area contributed by atoms with Crippen molar-refractivity contribution < 1.29 is 4.42 Å². The smallest absolute Gasteiger partial charge is 0.143 e. The largest absolute Gasteiger partial charge is 0.455 e. The molecule has 0 N–H and O–H groups in total. The number of fused-ring (bicyclic) bond motifs is 7. The van der Waals surface area contributed by atoms with Crippen LogP contribution in [0.2, 0.25) is 5.02 Å². The molecule has 5 aromatic carbocycles. The lowest BCUT2D eigenvalue weighted by molar-refractivity contribution is 0.657. The van der Waals surface area contributed by atoms with Gasteiger partial charge < -0.3 is 4.42 Å². The lowest BCUT2D eigenvalue weighted by atomic mass is 9.81. The Morgan fingerprint density at radius 3 is 2.23 bits per heavy atom. The Labute approximate surface area is 209 Å². The summed E-state index contributed by atoms with van der Waals surface area (Å²) in [6, 6.07) is 36.3. The molecule has 0 radical (unpaired) electrons. The van der Waals surface area contributed by atoms with E-state index in [9.17, 15) is 0 Å². The Bertz CT molecular complexity index is 1770. The molecule has 1 heterocycles. The second-order valence-electron chi connectivity index (χ2n) is 9.91. The molecule has 1 aliphatic carbocycles. The number of halogens is 1. The number of para-hydroxylation sites is 1. The standard InChI is InChI=1S/C33H23ClO/c1-33(2)27-18-23(34)15-16-24(27)30-28(33)19-26(32-31(30)25-13-6-7-14-29(25)35-32)22-12-8-11-21(17-22)20-9-4-3-5-10-20/h3-19H,1-2H3. The van der Waals surface area contributed by atoms with Crippen LogP contribution in [0, 0.1) is 0 Å². The van der Waals surface area contributed by atoms with Crippen LogP contribution in [0.3, 0.4) is 0 Å². The maximum Gasteiger partial charge on any atom is 0.143 e. The zero-order valence-corrected chi connectivity index (χ0v) is 20.4. The van der Waals surface area contributed by atoms with E-state index >= 15 is 0 Å². The summed E-state index contributed by atoms with van der Waals surface area (Å²) in [4.78, 5) is 0. The van der Waals surface area contributed by atoms with E-state index in [-0.39, 0.29) is 5.41 Å². The summed E-state index contributed by atoms with van der Waals surface area (Å²) in [5, 5.41) is 3.11.